The molecular formula is C20H24O5. The molecule has 0 saturated carbocycles. The van der Waals surface area contributed by atoms with Crippen LogP contribution in [0.4, 0.5) is 0 Å². The van der Waals surface area contributed by atoms with E-state index in [1.54, 1.807) is 6.92 Å². The lowest BCUT2D eigenvalue weighted by molar-refractivity contribution is -0.344. The molecule has 5 heteroatoms. The van der Waals surface area contributed by atoms with Crippen LogP contribution in [0.2, 0.25) is 0 Å². The van der Waals surface area contributed by atoms with Crippen molar-refractivity contribution in [3.63, 3.8) is 0 Å². The molecule has 3 fully saturated rings. The Balaban J connectivity index is 1.51. The molecule has 0 bridgehead atoms. The van der Waals surface area contributed by atoms with Gasteiger partial charge in [0.1, 0.15) is 11.7 Å². The van der Waals surface area contributed by atoms with Gasteiger partial charge in [-0.15, -0.1) is 0 Å². The van der Waals surface area contributed by atoms with Gasteiger partial charge in [-0.1, -0.05) is 36.9 Å². The maximum atomic E-state index is 11.8. The largest absolute Gasteiger partial charge is 0.364 e. The van der Waals surface area contributed by atoms with Gasteiger partial charge in [0.25, 0.3) is 0 Å². The summed E-state index contributed by atoms with van der Waals surface area (Å²) in [6.07, 6.45) is -0.0198. The van der Waals surface area contributed by atoms with Crippen molar-refractivity contribution < 1.29 is 23.7 Å². The SMILES string of the molecule is C=C1C[C@@H]2O[C@]3(C)CO[C@@H](c4ccccc4)O[C@H]3C[C@H]2O[C@@H]1C(C)=O. The predicted molar refractivity (Wildman–Crippen MR) is 91.0 cm³/mol. The molecule has 0 radical (unpaired) electrons. The van der Waals surface area contributed by atoms with Gasteiger partial charge >= 0.3 is 0 Å². The Bertz CT molecular complexity index is 672. The third-order valence-corrected chi connectivity index (χ3v) is 5.36. The smallest absolute Gasteiger partial charge is 0.184 e. The molecular weight excluding hydrogens is 320 g/mol. The monoisotopic (exact) mass is 344 g/mol. The maximum absolute atomic E-state index is 11.8. The van der Waals surface area contributed by atoms with Gasteiger partial charge in [0, 0.05) is 12.0 Å². The summed E-state index contributed by atoms with van der Waals surface area (Å²) in [5.41, 5.74) is 1.26. The molecule has 6 atom stereocenters. The van der Waals surface area contributed by atoms with E-state index in [0.717, 1.165) is 11.1 Å². The topological polar surface area (TPSA) is 54.0 Å². The Morgan fingerprint density at radius 3 is 2.68 bits per heavy atom. The summed E-state index contributed by atoms with van der Waals surface area (Å²) in [4.78, 5) is 11.8. The van der Waals surface area contributed by atoms with Crippen LogP contribution >= 0.6 is 0 Å². The highest BCUT2D eigenvalue weighted by atomic mass is 16.7. The number of ketones is 1. The highest BCUT2D eigenvalue weighted by Crippen LogP contribution is 2.44. The number of rotatable bonds is 2. The summed E-state index contributed by atoms with van der Waals surface area (Å²) in [5, 5.41) is 0. The molecule has 1 aromatic rings. The van der Waals surface area contributed by atoms with Gasteiger partial charge in [0.05, 0.1) is 24.9 Å². The van der Waals surface area contributed by atoms with Crippen LogP contribution in [-0.2, 0) is 23.7 Å². The number of carbonyl (C=O) groups excluding carboxylic acids is 1. The first-order chi connectivity index (χ1) is 12.0. The quantitative estimate of drug-likeness (QED) is 0.772. The summed E-state index contributed by atoms with van der Waals surface area (Å²) in [5.74, 6) is -0.00755. The average Bonchev–Trinajstić information content (AvgIpc) is 2.59. The molecule has 25 heavy (non-hydrogen) atoms. The number of hydrogen-bond acceptors (Lipinski definition) is 5. The summed E-state index contributed by atoms with van der Waals surface area (Å²) < 4.78 is 24.5. The molecule has 3 aliphatic rings. The summed E-state index contributed by atoms with van der Waals surface area (Å²) in [7, 11) is 0. The number of carbonyl (C=O) groups is 1. The van der Waals surface area contributed by atoms with Crippen LogP contribution in [0.25, 0.3) is 0 Å². The lowest BCUT2D eigenvalue weighted by atomic mass is 9.83. The van der Waals surface area contributed by atoms with Gasteiger partial charge in [-0.05, 0) is 25.8 Å². The molecule has 3 saturated heterocycles. The van der Waals surface area contributed by atoms with E-state index in [9.17, 15) is 4.79 Å². The van der Waals surface area contributed by atoms with Crippen molar-refractivity contribution >= 4 is 5.78 Å². The molecule has 0 unspecified atom stereocenters. The van der Waals surface area contributed by atoms with Crippen LogP contribution in [0.3, 0.4) is 0 Å². The van der Waals surface area contributed by atoms with E-state index in [0.29, 0.717) is 19.4 Å². The fraction of sp³-hybridized carbons (Fsp3) is 0.550. The Kier molecular flexibility index (Phi) is 4.28. The van der Waals surface area contributed by atoms with Crippen molar-refractivity contribution in [3.05, 3.63) is 48.0 Å². The number of Topliss-reactive ketones (excluding diaryl/α,β-unsaturated/α-hetero) is 1. The van der Waals surface area contributed by atoms with E-state index in [-0.39, 0.29) is 24.1 Å². The minimum atomic E-state index is -0.529. The molecule has 0 amide bonds. The molecule has 1 aromatic carbocycles. The molecule has 3 heterocycles. The summed E-state index contributed by atoms with van der Waals surface area (Å²) >= 11 is 0. The van der Waals surface area contributed by atoms with Crippen molar-refractivity contribution in [2.24, 2.45) is 0 Å². The normalized spacial score (nSPS) is 40.9. The highest BCUT2D eigenvalue weighted by molar-refractivity contribution is 5.83. The van der Waals surface area contributed by atoms with Gasteiger partial charge < -0.3 is 18.9 Å². The van der Waals surface area contributed by atoms with Crippen LogP contribution in [-0.4, -0.2) is 42.4 Å². The highest BCUT2D eigenvalue weighted by Gasteiger charge is 2.53. The zero-order valence-corrected chi connectivity index (χ0v) is 14.6. The van der Waals surface area contributed by atoms with E-state index in [1.165, 1.54) is 0 Å². The first-order valence-electron chi connectivity index (χ1n) is 8.80. The molecule has 3 aliphatic heterocycles. The van der Waals surface area contributed by atoms with Crippen LogP contribution in [0.15, 0.2) is 42.5 Å². The lowest BCUT2D eigenvalue weighted by Gasteiger charge is -2.53. The van der Waals surface area contributed by atoms with E-state index >= 15 is 0 Å². The molecule has 5 nitrogen and oxygen atoms in total. The second-order valence-electron chi connectivity index (χ2n) is 7.41. The average molecular weight is 344 g/mol. The predicted octanol–water partition coefficient (Wildman–Crippen LogP) is 2.95. The second kappa shape index (κ2) is 6.32. The minimum absolute atomic E-state index is 0.00755. The van der Waals surface area contributed by atoms with E-state index in [4.69, 9.17) is 18.9 Å². The van der Waals surface area contributed by atoms with E-state index in [2.05, 4.69) is 6.58 Å². The van der Waals surface area contributed by atoms with Crippen LogP contribution in [0, 0.1) is 0 Å². The van der Waals surface area contributed by atoms with Crippen molar-refractivity contribution in [1.82, 2.24) is 0 Å². The van der Waals surface area contributed by atoms with Crippen molar-refractivity contribution in [1.29, 1.82) is 0 Å². The number of benzene rings is 1. The molecule has 4 rings (SSSR count). The summed E-state index contributed by atoms with van der Waals surface area (Å²) in [6.45, 7) is 8.02. The Labute approximate surface area is 147 Å². The second-order valence-corrected chi connectivity index (χ2v) is 7.41. The van der Waals surface area contributed by atoms with Crippen LogP contribution in [0.1, 0.15) is 38.5 Å². The third kappa shape index (κ3) is 3.06. The Morgan fingerprint density at radius 1 is 1.20 bits per heavy atom. The first kappa shape index (κ1) is 16.9. The zero-order chi connectivity index (χ0) is 17.6. The fourth-order valence-corrected chi connectivity index (χ4v) is 3.99. The molecule has 0 N–H and O–H groups in total. The molecule has 0 spiro atoms. The lowest BCUT2D eigenvalue weighted by Crippen LogP contribution is -2.63. The van der Waals surface area contributed by atoms with Gasteiger partial charge in [-0.2, -0.15) is 0 Å². The minimum Gasteiger partial charge on any atom is -0.364 e. The first-order valence-corrected chi connectivity index (χ1v) is 8.80. The zero-order valence-electron chi connectivity index (χ0n) is 14.6. The van der Waals surface area contributed by atoms with Gasteiger partial charge in [-0.25, -0.2) is 0 Å². The van der Waals surface area contributed by atoms with E-state index < -0.39 is 18.0 Å². The van der Waals surface area contributed by atoms with Gasteiger partial charge in [0.2, 0.25) is 0 Å². The van der Waals surface area contributed by atoms with Crippen molar-refractivity contribution in [3.8, 4) is 0 Å². The van der Waals surface area contributed by atoms with E-state index in [1.807, 2.05) is 37.3 Å². The Hall–Kier alpha value is -1.53. The number of hydrogen-bond donors (Lipinski definition) is 0. The number of ether oxygens (including phenoxy) is 4. The maximum Gasteiger partial charge on any atom is 0.184 e. The summed E-state index contributed by atoms with van der Waals surface area (Å²) in [6, 6.07) is 9.89. The van der Waals surface area contributed by atoms with Crippen LogP contribution in [0.5, 0.6) is 0 Å². The number of fused-ring (bicyclic) bond motifs is 2. The van der Waals surface area contributed by atoms with Gasteiger partial charge in [-0.3, -0.25) is 4.79 Å². The molecule has 0 aliphatic carbocycles. The standard InChI is InChI=1S/C20H24O5/c1-12-9-16-15(23-18(12)13(2)21)10-17-20(3,25-16)11-22-19(24-17)14-7-5-4-6-8-14/h4-8,15-19H,1,9-11H2,2-3H3/t15-,16+,17+,18+,19-,20-/m1/s1. The van der Waals surface area contributed by atoms with Gasteiger partial charge in [0.15, 0.2) is 12.1 Å². The molecule has 134 valence electrons. The van der Waals surface area contributed by atoms with Crippen molar-refractivity contribution in [2.75, 3.05) is 6.61 Å². The van der Waals surface area contributed by atoms with Crippen LogP contribution < -0.4 is 0 Å². The fourth-order valence-electron chi connectivity index (χ4n) is 3.99. The Morgan fingerprint density at radius 2 is 1.96 bits per heavy atom. The molecule has 0 aromatic heterocycles. The third-order valence-electron chi connectivity index (χ3n) is 5.36. The van der Waals surface area contributed by atoms with Crippen molar-refractivity contribution in [2.45, 2.75) is 63.0 Å².